The molecule has 1 heterocycles. The standard InChI is InChI=1S/C16H12F2N2O2S/c1-2-9-5-6-23-15(9)14(21)11(8-19)16(22)20-13-4-3-10(17)7-12(13)18/h3-7,11H,2H2,1H3,(H,20,22)/t11-/m1/s1. The molecule has 0 aliphatic heterocycles. The molecule has 118 valence electrons. The summed E-state index contributed by atoms with van der Waals surface area (Å²) in [6.45, 7) is 1.86. The molecule has 0 radical (unpaired) electrons. The van der Waals surface area contributed by atoms with Gasteiger partial charge in [-0.05, 0) is 35.6 Å². The van der Waals surface area contributed by atoms with E-state index in [1.807, 2.05) is 6.92 Å². The molecule has 1 amide bonds. The zero-order valence-electron chi connectivity index (χ0n) is 12.1. The lowest BCUT2D eigenvalue weighted by molar-refractivity contribution is -0.117. The van der Waals surface area contributed by atoms with Gasteiger partial charge in [0.15, 0.2) is 11.7 Å². The first-order chi connectivity index (χ1) is 11.0. The number of anilines is 1. The third kappa shape index (κ3) is 3.60. The molecule has 1 aromatic carbocycles. The molecule has 7 heteroatoms. The van der Waals surface area contributed by atoms with Crippen molar-refractivity contribution in [1.82, 2.24) is 0 Å². The molecule has 1 aromatic heterocycles. The second-order valence-electron chi connectivity index (χ2n) is 4.67. The fraction of sp³-hybridized carbons (Fsp3) is 0.188. The number of rotatable bonds is 5. The molecule has 1 N–H and O–H groups in total. The summed E-state index contributed by atoms with van der Waals surface area (Å²) >= 11 is 1.15. The van der Waals surface area contributed by atoms with Crippen LogP contribution < -0.4 is 5.32 Å². The number of thiophene rings is 1. The van der Waals surface area contributed by atoms with Gasteiger partial charge in [-0.3, -0.25) is 9.59 Å². The molecule has 0 spiro atoms. The van der Waals surface area contributed by atoms with Gasteiger partial charge in [0.05, 0.1) is 16.6 Å². The van der Waals surface area contributed by atoms with E-state index in [1.54, 1.807) is 17.5 Å². The zero-order chi connectivity index (χ0) is 17.0. The topological polar surface area (TPSA) is 70.0 Å². The molecule has 0 fully saturated rings. The van der Waals surface area contributed by atoms with Crippen LogP contribution in [0.3, 0.4) is 0 Å². The summed E-state index contributed by atoms with van der Waals surface area (Å²) < 4.78 is 26.4. The highest BCUT2D eigenvalue weighted by atomic mass is 32.1. The van der Waals surface area contributed by atoms with Crippen LogP contribution in [0.5, 0.6) is 0 Å². The summed E-state index contributed by atoms with van der Waals surface area (Å²) in [6.07, 6.45) is 0.594. The number of carbonyl (C=O) groups excluding carboxylic acids is 2. The molecule has 2 aromatic rings. The predicted molar refractivity (Wildman–Crippen MR) is 82.1 cm³/mol. The van der Waals surface area contributed by atoms with Crippen LogP contribution in [0, 0.1) is 28.9 Å². The highest BCUT2D eigenvalue weighted by molar-refractivity contribution is 7.12. The summed E-state index contributed by atoms with van der Waals surface area (Å²) in [7, 11) is 0. The first-order valence-electron chi connectivity index (χ1n) is 6.74. The fourth-order valence-corrected chi connectivity index (χ4v) is 2.96. The number of nitriles is 1. The number of ketones is 1. The maximum Gasteiger partial charge on any atom is 0.249 e. The van der Waals surface area contributed by atoms with Gasteiger partial charge in [0.25, 0.3) is 0 Å². The molecule has 0 saturated carbocycles. The number of aryl methyl sites for hydroxylation is 1. The minimum Gasteiger partial charge on any atom is -0.322 e. The Balaban J connectivity index is 2.22. The lowest BCUT2D eigenvalue weighted by atomic mass is 10.0. The molecule has 4 nitrogen and oxygen atoms in total. The van der Waals surface area contributed by atoms with E-state index in [0.29, 0.717) is 17.4 Å². The van der Waals surface area contributed by atoms with Gasteiger partial charge in [-0.2, -0.15) is 5.26 Å². The maximum atomic E-state index is 13.6. The van der Waals surface area contributed by atoms with E-state index < -0.39 is 29.2 Å². The van der Waals surface area contributed by atoms with Crippen LogP contribution in [0.25, 0.3) is 0 Å². The van der Waals surface area contributed by atoms with Gasteiger partial charge < -0.3 is 5.32 Å². The van der Waals surface area contributed by atoms with E-state index in [4.69, 9.17) is 5.26 Å². The lowest BCUT2D eigenvalue weighted by Gasteiger charge is -2.10. The van der Waals surface area contributed by atoms with Crippen molar-refractivity contribution in [1.29, 1.82) is 5.26 Å². The SMILES string of the molecule is CCc1ccsc1C(=O)[C@@H](C#N)C(=O)Nc1ccc(F)cc1F. The molecule has 2 rings (SSSR count). The normalized spacial score (nSPS) is 11.6. The largest absolute Gasteiger partial charge is 0.322 e. The summed E-state index contributed by atoms with van der Waals surface area (Å²) in [4.78, 5) is 24.8. The number of hydrogen-bond acceptors (Lipinski definition) is 4. The zero-order valence-corrected chi connectivity index (χ0v) is 12.9. The van der Waals surface area contributed by atoms with Gasteiger partial charge in [-0.25, -0.2) is 8.78 Å². The van der Waals surface area contributed by atoms with Gasteiger partial charge in [0.2, 0.25) is 5.91 Å². The summed E-state index contributed by atoms with van der Waals surface area (Å²) in [6, 6.07) is 6.00. The Morgan fingerprint density at radius 1 is 1.35 bits per heavy atom. The van der Waals surface area contributed by atoms with Crippen LogP contribution in [0.2, 0.25) is 0 Å². The van der Waals surface area contributed by atoms with Gasteiger partial charge in [-0.15, -0.1) is 11.3 Å². The van der Waals surface area contributed by atoms with Crippen LogP contribution >= 0.6 is 11.3 Å². The van der Waals surface area contributed by atoms with E-state index in [2.05, 4.69) is 5.32 Å². The van der Waals surface area contributed by atoms with Crippen molar-refractivity contribution in [2.45, 2.75) is 13.3 Å². The number of halogens is 2. The van der Waals surface area contributed by atoms with E-state index >= 15 is 0 Å². The number of nitrogens with one attached hydrogen (secondary N) is 1. The van der Waals surface area contributed by atoms with Crippen LogP contribution in [0.4, 0.5) is 14.5 Å². The van der Waals surface area contributed by atoms with Crippen molar-refractivity contribution in [3.8, 4) is 6.07 Å². The van der Waals surface area contributed by atoms with Crippen molar-refractivity contribution in [3.05, 3.63) is 51.7 Å². The molecule has 0 aliphatic rings. The fourth-order valence-electron chi connectivity index (χ4n) is 1.99. The molecule has 0 aliphatic carbocycles. The van der Waals surface area contributed by atoms with Gasteiger partial charge in [-0.1, -0.05) is 6.92 Å². The number of nitrogens with zero attached hydrogens (tertiary/aromatic N) is 1. The van der Waals surface area contributed by atoms with Crippen molar-refractivity contribution < 1.29 is 18.4 Å². The Kier molecular flexibility index (Phi) is 5.19. The third-order valence-corrected chi connectivity index (χ3v) is 4.17. The first kappa shape index (κ1) is 16.8. The molecular formula is C16H12F2N2O2S. The summed E-state index contributed by atoms with van der Waals surface area (Å²) in [5.74, 6) is -4.94. The molecule has 23 heavy (non-hydrogen) atoms. The van der Waals surface area contributed by atoms with E-state index in [1.165, 1.54) is 0 Å². The Morgan fingerprint density at radius 3 is 2.70 bits per heavy atom. The number of amides is 1. The van der Waals surface area contributed by atoms with Gasteiger partial charge in [0.1, 0.15) is 11.6 Å². The minimum atomic E-state index is -1.59. The Morgan fingerprint density at radius 2 is 2.09 bits per heavy atom. The maximum absolute atomic E-state index is 13.6. The molecule has 0 bridgehead atoms. The number of Topliss-reactive ketones (excluding diaryl/α,β-unsaturated/α-hetero) is 1. The second-order valence-corrected chi connectivity index (χ2v) is 5.58. The van der Waals surface area contributed by atoms with Crippen molar-refractivity contribution >= 4 is 28.7 Å². The Labute approximate surface area is 135 Å². The summed E-state index contributed by atoms with van der Waals surface area (Å²) in [5.41, 5.74) is 0.465. The van der Waals surface area contributed by atoms with Gasteiger partial charge >= 0.3 is 0 Å². The summed E-state index contributed by atoms with van der Waals surface area (Å²) in [5, 5.41) is 13.0. The Hall–Kier alpha value is -2.59. The van der Waals surface area contributed by atoms with Crippen molar-refractivity contribution in [3.63, 3.8) is 0 Å². The quantitative estimate of drug-likeness (QED) is 0.671. The molecule has 0 unspecified atom stereocenters. The average Bonchev–Trinajstić information content (AvgIpc) is 2.99. The number of hydrogen-bond donors (Lipinski definition) is 1. The van der Waals surface area contributed by atoms with Gasteiger partial charge in [0, 0.05) is 6.07 Å². The Bertz CT molecular complexity index is 796. The minimum absolute atomic E-state index is 0.286. The molecule has 1 atom stereocenters. The van der Waals surface area contributed by atoms with E-state index in [9.17, 15) is 18.4 Å². The highest BCUT2D eigenvalue weighted by Gasteiger charge is 2.30. The highest BCUT2D eigenvalue weighted by Crippen LogP contribution is 2.23. The molecule has 0 saturated heterocycles. The van der Waals surface area contributed by atoms with E-state index in [-0.39, 0.29) is 5.69 Å². The number of carbonyl (C=O) groups is 2. The predicted octanol–water partition coefficient (Wildman–Crippen LogP) is 3.55. The van der Waals surface area contributed by atoms with Crippen LogP contribution in [0.1, 0.15) is 22.2 Å². The monoisotopic (exact) mass is 334 g/mol. The van der Waals surface area contributed by atoms with Crippen molar-refractivity contribution in [2.75, 3.05) is 5.32 Å². The average molecular weight is 334 g/mol. The second kappa shape index (κ2) is 7.11. The first-order valence-corrected chi connectivity index (χ1v) is 7.62. The smallest absolute Gasteiger partial charge is 0.249 e. The number of benzene rings is 1. The van der Waals surface area contributed by atoms with Crippen LogP contribution in [-0.4, -0.2) is 11.7 Å². The third-order valence-electron chi connectivity index (χ3n) is 3.19. The van der Waals surface area contributed by atoms with Crippen LogP contribution in [-0.2, 0) is 11.2 Å². The lowest BCUT2D eigenvalue weighted by Crippen LogP contribution is -2.29. The van der Waals surface area contributed by atoms with Crippen molar-refractivity contribution in [2.24, 2.45) is 5.92 Å². The molecular weight excluding hydrogens is 322 g/mol. The van der Waals surface area contributed by atoms with Crippen LogP contribution in [0.15, 0.2) is 29.6 Å². The van der Waals surface area contributed by atoms with E-state index in [0.717, 1.165) is 29.0 Å².